The van der Waals surface area contributed by atoms with Crippen molar-refractivity contribution in [2.45, 2.75) is 53.0 Å². The third-order valence-electron chi connectivity index (χ3n) is 2.74. The van der Waals surface area contributed by atoms with Gasteiger partial charge in [-0.1, -0.05) is 34.6 Å². The van der Waals surface area contributed by atoms with E-state index in [2.05, 4.69) is 55.6 Å². The first kappa shape index (κ1) is 17.1. The van der Waals surface area contributed by atoms with Crippen molar-refractivity contribution < 1.29 is 4.79 Å². The van der Waals surface area contributed by atoms with Crippen molar-refractivity contribution in [1.82, 2.24) is 15.6 Å². The van der Waals surface area contributed by atoms with E-state index in [1.54, 1.807) is 11.3 Å². The lowest BCUT2D eigenvalue weighted by Crippen LogP contribution is -2.30. The van der Waals surface area contributed by atoms with Crippen molar-refractivity contribution in [1.29, 1.82) is 0 Å². The van der Waals surface area contributed by atoms with Gasteiger partial charge in [-0.25, -0.2) is 4.98 Å². The summed E-state index contributed by atoms with van der Waals surface area (Å²) >= 11 is 1.70. The van der Waals surface area contributed by atoms with Crippen LogP contribution in [0.25, 0.3) is 0 Å². The fraction of sp³-hybridized carbons (Fsp3) is 0.733. The highest BCUT2D eigenvalue weighted by Crippen LogP contribution is 2.25. The molecule has 1 aromatic rings. The van der Waals surface area contributed by atoms with E-state index < -0.39 is 0 Å². The predicted octanol–water partition coefficient (Wildman–Crippen LogP) is 2.69. The summed E-state index contributed by atoms with van der Waals surface area (Å²) in [4.78, 5) is 16.1. The molecule has 1 amide bonds. The van der Waals surface area contributed by atoms with Crippen LogP contribution in [0.15, 0.2) is 5.38 Å². The number of hydrogen-bond donors (Lipinski definition) is 2. The molecule has 1 rings (SSSR count). The van der Waals surface area contributed by atoms with Crippen LogP contribution in [0.1, 0.15) is 51.7 Å². The van der Waals surface area contributed by atoms with Gasteiger partial charge in [0.15, 0.2) is 0 Å². The van der Waals surface area contributed by atoms with Crippen molar-refractivity contribution in [3.8, 4) is 0 Å². The van der Waals surface area contributed by atoms with E-state index >= 15 is 0 Å². The highest BCUT2D eigenvalue weighted by atomic mass is 32.1. The molecule has 1 heterocycles. The van der Waals surface area contributed by atoms with Crippen LogP contribution in [-0.2, 0) is 16.8 Å². The Kier molecular flexibility index (Phi) is 6.62. The zero-order valence-electron chi connectivity index (χ0n) is 13.2. The van der Waals surface area contributed by atoms with Gasteiger partial charge in [0.25, 0.3) is 0 Å². The summed E-state index contributed by atoms with van der Waals surface area (Å²) in [6.07, 6.45) is 0.517. The van der Waals surface area contributed by atoms with E-state index in [0.29, 0.717) is 18.9 Å². The van der Waals surface area contributed by atoms with Crippen LogP contribution in [0.3, 0.4) is 0 Å². The summed E-state index contributed by atoms with van der Waals surface area (Å²) in [7, 11) is 0. The minimum Gasteiger partial charge on any atom is -0.356 e. The van der Waals surface area contributed by atoms with E-state index in [0.717, 1.165) is 23.8 Å². The van der Waals surface area contributed by atoms with Gasteiger partial charge in [-0.05, 0) is 5.92 Å². The molecule has 0 atom stereocenters. The van der Waals surface area contributed by atoms with Crippen molar-refractivity contribution in [3.63, 3.8) is 0 Å². The van der Waals surface area contributed by atoms with Crippen molar-refractivity contribution >= 4 is 17.2 Å². The molecule has 0 saturated heterocycles. The van der Waals surface area contributed by atoms with Crippen LogP contribution in [-0.4, -0.2) is 24.0 Å². The molecule has 0 unspecified atom stereocenters. The van der Waals surface area contributed by atoms with E-state index in [4.69, 9.17) is 0 Å². The fourth-order valence-electron chi connectivity index (χ4n) is 1.56. The first-order valence-corrected chi connectivity index (χ1v) is 8.09. The van der Waals surface area contributed by atoms with Crippen LogP contribution in [0.5, 0.6) is 0 Å². The van der Waals surface area contributed by atoms with Crippen molar-refractivity contribution in [2.75, 3.05) is 13.1 Å². The van der Waals surface area contributed by atoms with Gasteiger partial charge in [-0.15, -0.1) is 11.3 Å². The predicted molar refractivity (Wildman–Crippen MR) is 85.0 cm³/mol. The molecule has 1 aromatic heterocycles. The zero-order valence-corrected chi connectivity index (χ0v) is 14.1. The van der Waals surface area contributed by atoms with Gasteiger partial charge in [-0.2, -0.15) is 0 Å². The van der Waals surface area contributed by atoms with Gasteiger partial charge < -0.3 is 10.6 Å². The largest absolute Gasteiger partial charge is 0.356 e. The number of carbonyl (C=O) groups excluding carboxylic acids is 1. The summed E-state index contributed by atoms with van der Waals surface area (Å²) in [5, 5.41) is 9.43. The van der Waals surface area contributed by atoms with Crippen LogP contribution >= 0.6 is 11.3 Å². The molecule has 0 saturated carbocycles. The number of nitrogens with one attached hydrogen (secondary N) is 2. The van der Waals surface area contributed by atoms with Gasteiger partial charge in [0.1, 0.15) is 0 Å². The lowest BCUT2D eigenvalue weighted by Gasteiger charge is -2.13. The summed E-state index contributed by atoms with van der Waals surface area (Å²) in [5.74, 6) is 0.609. The highest BCUT2D eigenvalue weighted by Gasteiger charge is 2.17. The summed E-state index contributed by atoms with van der Waals surface area (Å²) in [5.41, 5.74) is 1.17. The standard InChI is InChI=1S/C15H27N3OS/c1-11(2)8-17-13(19)6-7-16-9-12-10-20-14(18-12)15(3,4)5/h10-11,16H,6-9H2,1-5H3,(H,17,19). The smallest absolute Gasteiger partial charge is 0.221 e. The Hall–Kier alpha value is -0.940. The van der Waals surface area contributed by atoms with Crippen LogP contribution in [0.4, 0.5) is 0 Å². The fourth-order valence-corrected chi connectivity index (χ4v) is 2.46. The Balaban J connectivity index is 2.21. The molecule has 0 aliphatic rings. The highest BCUT2D eigenvalue weighted by molar-refractivity contribution is 7.09. The van der Waals surface area contributed by atoms with Gasteiger partial charge in [0.2, 0.25) is 5.91 Å². The molecule has 0 fully saturated rings. The SMILES string of the molecule is CC(C)CNC(=O)CCNCc1csc(C(C)(C)C)n1. The Morgan fingerprint density at radius 2 is 2.10 bits per heavy atom. The van der Waals surface area contributed by atoms with Gasteiger partial charge in [0, 0.05) is 36.9 Å². The minimum absolute atomic E-state index is 0.111. The average Bonchev–Trinajstić information content (AvgIpc) is 2.80. The molecular formula is C15H27N3OS. The maximum Gasteiger partial charge on any atom is 0.221 e. The zero-order chi connectivity index (χ0) is 15.2. The minimum atomic E-state index is 0.111. The number of nitrogens with zero attached hydrogens (tertiary/aromatic N) is 1. The quantitative estimate of drug-likeness (QED) is 0.761. The molecule has 114 valence electrons. The van der Waals surface area contributed by atoms with Gasteiger partial charge in [0.05, 0.1) is 10.7 Å². The third-order valence-corrected chi connectivity index (χ3v) is 4.05. The van der Waals surface area contributed by atoms with E-state index in [9.17, 15) is 4.79 Å². The van der Waals surface area contributed by atoms with E-state index in [-0.39, 0.29) is 11.3 Å². The summed E-state index contributed by atoms with van der Waals surface area (Å²) < 4.78 is 0. The van der Waals surface area contributed by atoms with Gasteiger partial charge in [-0.3, -0.25) is 4.79 Å². The first-order valence-electron chi connectivity index (χ1n) is 7.21. The normalized spacial score (nSPS) is 11.9. The Morgan fingerprint density at radius 3 is 2.65 bits per heavy atom. The molecule has 0 spiro atoms. The second-order valence-corrected chi connectivity index (χ2v) is 7.38. The molecule has 4 nitrogen and oxygen atoms in total. The average molecular weight is 297 g/mol. The topological polar surface area (TPSA) is 54.0 Å². The maximum atomic E-state index is 11.5. The molecule has 0 radical (unpaired) electrons. The number of aromatic nitrogens is 1. The first-order chi connectivity index (χ1) is 9.29. The van der Waals surface area contributed by atoms with Crippen molar-refractivity contribution in [3.05, 3.63) is 16.1 Å². The molecule has 0 bridgehead atoms. The lowest BCUT2D eigenvalue weighted by atomic mass is 9.98. The number of rotatable bonds is 7. The molecule has 0 aliphatic heterocycles. The van der Waals surface area contributed by atoms with E-state index in [1.807, 2.05) is 0 Å². The molecule has 2 N–H and O–H groups in total. The molecule has 5 heteroatoms. The third kappa shape index (κ3) is 6.48. The summed E-state index contributed by atoms with van der Waals surface area (Å²) in [6.45, 7) is 12.9. The second kappa shape index (κ2) is 7.74. The van der Waals surface area contributed by atoms with E-state index in [1.165, 1.54) is 0 Å². The van der Waals surface area contributed by atoms with Crippen LogP contribution in [0, 0.1) is 5.92 Å². The van der Waals surface area contributed by atoms with Crippen LogP contribution in [0.2, 0.25) is 0 Å². The lowest BCUT2D eigenvalue weighted by molar-refractivity contribution is -0.121. The Bertz CT molecular complexity index is 421. The van der Waals surface area contributed by atoms with Crippen LogP contribution < -0.4 is 10.6 Å². The Labute approximate surface area is 126 Å². The number of thiazole rings is 1. The molecular weight excluding hydrogens is 270 g/mol. The molecule has 20 heavy (non-hydrogen) atoms. The molecule has 0 aliphatic carbocycles. The molecule has 0 aromatic carbocycles. The number of hydrogen-bond acceptors (Lipinski definition) is 4. The second-order valence-electron chi connectivity index (χ2n) is 6.52. The Morgan fingerprint density at radius 1 is 1.40 bits per heavy atom. The maximum absolute atomic E-state index is 11.5. The number of amides is 1. The summed E-state index contributed by atoms with van der Waals surface area (Å²) in [6, 6.07) is 0. The van der Waals surface area contributed by atoms with Gasteiger partial charge >= 0.3 is 0 Å². The monoisotopic (exact) mass is 297 g/mol. The number of carbonyl (C=O) groups is 1. The van der Waals surface area contributed by atoms with Crippen molar-refractivity contribution in [2.24, 2.45) is 5.92 Å².